The number of aromatic nitrogens is 3. The van der Waals surface area contributed by atoms with E-state index in [0.29, 0.717) is 5.95 Å². The van der Waals surface area contributed by atoms with E-state index in [2.05, 4.69) is 132 Å². The van der Waals surface area contributed by atoms with Gasteiger partial charge >= 0.3 is 0 Å². The minimum Gasteiger partial charge on any atom is -0.456 e. The SMILES string of the molecule is c1ccc(-c2nc(-n3c4ccccc4c4c5ccc6oc7ccccc7c6c5c5c6ccccc6oc5c43)nc3c2ccc2ccccc23)cc1. The summed E-state index contributed by atoms with van der Waals surface area (Å²) in [5.74, 6) is 0.597. The molecule has 236 valence electrons. The van der Waals surface area contributed by atoms with Crippen molar-refractivity contribution in [2.24, 2.45) is 0 Å². The van der Waals surface area contributed by atoms with E-state index in [1.54, 1.807) is 0 Å². The van der Waals surface area contributed by atoms with Gasteiger partial charge in [-0.05, 0) is 47.2 Å². The van der Waals surface area contributed by atoms with Crippen LogP contribution in [0.4, 0.5) is 0 Å². The Morgan fingerprint density at radius 1 is 0.412 bits per heavy atom. The lowest BCUT2D eigenvalue weighted by Gasteiger charge is -2.13. The third kappa shape index (κ3) is 3.54. The molecule has 51 heavy (non-hydrogen) atoms. The van der Waals surface area contributed by atoms with E-state index < -0.39 is 0 Å². The van der Waals surface area contributed by atoms with Gasteiger partial charge in [0.1, 0.15) is 22.3 Å². The van der Waals surface area contributed by atoms with Gasteiger partial charge in [0.05, 0.1) is 16.7 Å². The molecule has 0 aliphatic carbocycles. The Balaban J connectivity index is 1.35. The Kier molecular flexibility index (Phi) is 5.17. The summed E-state index contributed by atoms with van der Waals surface area (Å²) >= 11 is 0. The van der Waals surface area contributed by atoms with E-state index >= 15 is 0 Å². The minimum absolute atomic E-state index is 0.597. The van der Waals surface area contributed by atoms with Gasteiger partial charge in [0.15, 0.2) is 5.58 Å². The van der Waals surface area contributed by atoms with Gasteiger partial charge in [-0.15, -0.1) is 0 Å². The number of benzene rings is 8. The number of rotatable bonds is 2. The lowest BCUT2D eigenvalue weighted by molar-refractivity contribution is 0.669. The summed E-state index contributed by atoms with van der Waals surface area (Å²) in [5.41, 5.74) is 8.16. The van der Waals surface area contributed by atoms with Crippen LogP contribution in [0.25, 0.3) is 115 Å². The summed E-state index contributed by atoms with van der Waals surface area (Å²) in [6.07, 6.45) is 0. The Morgan fingerprint density at radius 2 is 1.08 bits per heavy atom. The van der Waals surface area contributed by atoms with Gasteiger partial charge < -0.3 is 8.83 Å². The fourth-order valence-electron chi connectivity index (χ4n) is 8.45. The molecule has 0 amide bonds. The van der Waals surface area contributed by atoms with Gasteiger partial charge in [0, 0.05) is 54.0 Å². The van der Waals surface area contributed by atoms with Crippen LogP contribution in [-0.4, -0.2) is 14.5 Å². The highest BCUT2D eigenvalue weighted by Crippen LogP contribution is 2.49. The standard InChI is InChI=1S/C46H25N3O2/c1-2-13-27(14-3-1)42-33-23-22-26-12-4-5-15-28(26)43(33)48-46(47-42)49-34-19-9-6-16-29(34)38-32-24-25-37-39(30-17-7-10-20-35(30)50-37)40(32)41-31-18-8-11-21-36(31)51-45(41)44(38)49/h1-25H. The molecule has 0 unspecified atom stereocenters. The number of hydrogen-bond donors (Lipinski definition) is 0. The summed E-state index contributed by atoms with van der Waals surface area (Å²) < 4.78 is 15.6. The minimum atomic E-state index is 0.597. The van der Waals surface area contributed by atoms with Crippen molar-refractivity contribution >= 4 is 98.1 Å². The molecule has 0 N–H and O–H groups in total. The first-order valence-electron chi connectivity index (χ1n) is 17.2. The molecule has 12 rings (SSSR count). The van der Waals surface area contributed by atoms with Crippen LogP contribution < -0.4 is 0 Å². The predicted octanol–water partition coefficient (Wildman–Crippen LogP) is 12.5. The zero-order chi connectivity index (χ0) is 33.2. The smallest absolute Gasteiger partial charge is 0.235 e. The van der Waals surface area contributed by atoms with Crippen LogP contribution in [0.3, 0.4) is 0 Å². The number of furan rings is 2. The average molecular weight is 652 g/mol. The highest BCUT2D eigenvalue weighted by atomic mass is 16.3. The summed E-state index contributed by atoms with van der Waals surface area (Å²) in [5, 5.41) is 12.0. The molecule has 0 aliphatic heterocycles. The molecular formula is C46H25N3O2. The zero-order valence-electron chi connectivity index (χ0n) is 27.1. The molecule has 0 spiro atoms. The molecule has 5 heteroatoms. The zero-order valence-corrected chi connectivity index (χ0v) is 27.1. The second-order valence-electron chi connectivity index (χ2n) is 13.3. The topological polar surface area (TPSA) is 57.0 Å². The molecule has 4 aromatic heterocycles. The van der Waals surface area contributed by atoms with E-state index in [-0.39, 0.29) is 0 Å². The van der Waals surface area contributed by atoms with E-state index in [9.17, 15) is 0 Å². The van der Waals surface area contributed by atoms with Crippen LogP contribution in [0.1, 0.15) is 0 Å². The first-order valence-corrected chi connectivity index (χ1v) is 17.2. The van der Waals surface area contributed by atoms with Crippen LogP contribution in [0, 0.1) is 0 Å². The van der Waals surface area contributed by atoms with E-state index in [1.807, 2.05) is 24.3 Å². The number of hydrogen-bond acceptors (Lipinski definition) is 4. The fourth-order valence-corrected chi connectivity index (χ4v) is 8.45. The van der Waals surface area contributed by atoms with Crippen molar-refractivity contribution in [3.05, 3.63) is 152 Å². The first-order chi connectivity index (χ1) is 25.3. The number of fused-ring (bicyclic) bond motifs is 17. The van der Waals surface area contributed by atoms with Crippen LogP contribution in [-0.2, 0) is 0 Å². The van der Waals surface area contributed by atoms with Crippen molar-refractivity contribution in [3.63, 3.8) is 0 Å². The molecule has 4 heterocycles. The maximum absolute atomic E-state index is 6.97. The Labute approximate surface area is 289 Å². The average Bonchev–Trinajstić information content (AvgIpc) is 3.88. The van der Waals surface area contributed by atoms with Crippen molar-refractivity contribution in [2.45, 2.75) is 0 Å². The van der Waals surface area contributed by atoms with Crippen LogP contribution in [0.2, 0.25) is 0 Å². The van der Waals surface area contributed by atoms with Crippen LogP contribution in [0.5, 0.6) is 0 Å². The Bertz CT molecular complexity index is 3420. The first kappa shape index (κ1) is 26.9. The third-order valence-corrected chi connectivity index (χ3v) is 10.6. The molecule has 0 radical (unpaired) electrons. The largest absolute Gasteiger partial charge is 0.456 e. The summed E-state index contributed by atoms with van der Waals surface area (Å²) in [6.45, 7) is 0. The molecule has 12 aromatic rings. The molecule has 0 saturated heterocycles. The lowest BCUT2D eigenvalue weighted by atomic mass is 9.95. The van der Waals surface area contributed by atoms with Crippen LogP contribution in [0.15, 0.2) is 160 Å². The van der Waals surface area contributed by atoms with Crippen molar-refractivity contribution < 1.29 is 8.83 Å². The monoisotopic (exact) mass is 651 g/mol. The van der Waals surface area contributed by atoms with Crippen LogP contribution >= 0.6 is 0 Å². The fraction of sp³-hybridized carbons (Fsp3) is 0. The van der Waals surface area contributed by atoms with Crippen molar-refractivity contribution in [2.75, 3.05) is 0 Å². The second kappa shape index (κ2) is 9.80. The third-order valence-electron chi connectivity index (χ3n) is 10.6. The predicted molar refractivity (Wildman–Crippen MR) is 209 cm³/mol. The quantitative estimate of drug-likeness (QED) is 0.175. The molecular weight excluding hydrogens is 627 g/mol. The van der Waals surface area contributed by atoms with E-state index in [1.165, 1.54) is 0 Å². The summed E-state index contributed by atoms with van der Waals surface area (Å²) in [6, 6.07) is 52.7. The molecule has 0 saturated carbocycles. The molecule has 8 aromatic carbocycles. The molecule has 0 fully saturated rings. The van der Waals surface area contributed by atoms with Gasteiger partial charge in [0.25, 0.3) is 0 Å². The second-order valence-corrected chi connectivity index (χ2v) is 13.3. The van der Waals surface area contributed by atoms with Gasteiger partial charge in [-0.1, -0.05) is 115 Å². The van der Waals surface area contributed by atoms with Gasteiger partial charge in [0.2, 0.25) is 5.95 Å². The summed E-state index contributed by atoms with van der Waals surface area (Å²) in [7, 11) is 0. The van der Waals surface area contributed by atoms with E-state index in [0.717, 1.165) is 109 Å². The molecule has 5 nitrogen and oxygen atoms in total. The Morgan fingerprint density at radius 3 is 1.92 bits per heavy atom. The molecule has 0 atom stereocenters. The van der Waals surface area contributed by atoms with Crippen molar-refractivity contribution in [1.29, 1.82) is 0 Å². The maximum atomic E-state index is 6.97. The molecule has 0 bridgehead atoms. The van der Waals surface area contributed by atoms with E-state index in [4.69, 9.17) is 18.8 Å². The number of para-hydroxylation sites is 3. The van der Waals surface area contributed by atoms with Crippen molar-refractivity contribution in [3.8, 4) is 17.2 Å². The van der Waals surface area contributed by atoms with Gasteiger partial charge in [-0.2, -0.15) is 0 Å². The maximum Gasteiger partial charge on any atom is 0.235 e. The highest BCUT2D eigenvalue weighted by Gasteiger charge is 2.27. The number of nitrogens with zero attached hydrogens (tertiary/aromatic N) is 3. The normalized spacial score (nSPS) is 12.3. The molecule has 0 aliphatic rings. The van der Waals surface area contributed by atoms with Crippen molar-refractivity contribution in [1.82, 2.24) is 14.5 Å². The van der Waals surface area contributed by atoms with Gasteiger partial charge in [-0.3, -0.25) is 4.57 Å². The Hall–Kier alpha value is -6.98. The summed E-state index contributed by atoms with van der Waals surface area (Å²) in [4.78, 5) is 10.9. The lowest BCUT2D eigenvalue weighted by Crippen LogP contribution is -2.04. The highest BCUT2D eigenvalue weighted by molar-refractivity contribution is 6.40. The van der Waals surface area contributed by atoms with Gasteiger partial charge in [-0.25, -0.2) is 9.97 Å².